The third-order valence-corrected chi connectivity index (χ3v) is 2.40. The number of hydrogen-bond donors (Lipinski definition) is 2. The summed E-state index contributed by atoms with van der Waals surface area (Å²) in [5.74, 6) is 0.659. The summed E-state index contributed by atoms with van der Waals surface area (Å²) < 4.78 is 5.44. The lowest BCUT2D eigenvalue weighted by Gasteiger charge is -2.12. The number of carbonyl (C=O) groups excluding carboxylic acids is 1. The van der Waals surface area contributed by atoms with Crippen molar-refractivity contribution in [3.05, 3.63) is 0 Å². The van der Waals surface area contributed by atoms with E-state index >= 15 is 0 Å². The molecule has 0 saturated heterocycles. The van der Waals surface area contributed by atoms with Crippen molar-refractivity contribution >= 4 is 5.91 Å². The first-order chi connectivity index (χ1) is 8.06. The maximum absolute atomic E-state index is 11.4. The number of hydrogen-bond acceptors (Lipinski definition) is 3. The van der Waals surface area contributed by atoms with Gasteiger partial charge in [0, 0.05) is 19.3 Å². The molecule has 0 radical (unpaired) electrons. The van der Waals surface area contributed by atoms with Crippen LogP contribution >= 0.6 is 0 Å². The Morgan fingerprint density at radius 2 is 2.00 bits per heavy atom. The van der Waals surface area contributed by atoms with Crippen molar-refractivity contribution in [2.24, 2.45) is 5.92 Å². The molecule has 0 aromatic heterocycles. The smallest absolute Gasteiger partial charge is 0.234 e. The van der Waals surface area contributed by atoms with Gasteiger partial charge in [-0.3, -0.25) is 4.79 Å². The lowest BCUT2D eigenvalue weighted by molar-refractivity contribution is -0.120. The summed E-state index contributed by atoms with van der Waals surface area (Å²) in [6.45, 7) is 11.1. The van der Waals surface area contributed by atoms with Crippen LogP contribution in [0.2, 0.25) is 0 Å². The zero-order valence-corrected chi connectivity index (χ0v) is 11.7. The third kappa shape index (κ3) is 11.6. The zero-order valence-electron chi connectivity index (χ0n) is 11.7. The molecule has 17 heavy (non-hydrogen) atoms. The van der Waals surface area contributed by atoms with Gasteiger partial charge < -0.3 is 15.4 Å². The Labute approximate surface area is 105 Å². The van der Waals surface area contributed by atoms with E-state index in [2.05, 4.69) is 31.4 Å². The molecule has 4 heteroatoms. The van der Waals surface area contributed by atoms with E-state index in [1.807, 2.05) is 6.92 Å². The van der Waals surface area contributed by atoms with Crippen molar-refractivity contribution in [2.45, 2.75) is 46.6 Å². The maximum Gasteiger partial charge on any atom is 0.234 e. The molecule has 1 unspecified atom stereocenters. The summed E-state index contributed by atoms with van der Waals surface area (Å²) in [6.07, 6.45) is 1.91. The van der Waals surface area contributed by atoms with Crippen molar-refractivity contribution in [3.63, 3.8) is 0 Å². The van der Waals surface area contributed by atoms with E-state index in [9.17, 15) is 4.79 Å². The van der Waals surface area contributed by atoms with Crippen LogP contribution in [-0.2, 0) is 9.53 Å². The van der Waals surface area contributed by atoms with Crippen LogP contribution in [0.3, 0.4) is 0 Å². The summed E-state index contributed by atoms with van der Waals surface area (Å²) in [6, 6.07) is 0.263. The second-order valence-corrected chi connectivity index (χ2v) is 4.88. The molecular formula is C13H28N2O2. The average Bonchev–Trinajstić information content (AvgIpc) is 2.27. The fourth-order valence-electron chi connectivity index (χ4n) is 1.25. The lowest BCUT2D eigenvalue weighted by Crippen LogP contribution is -2.39. The summed E-state index contributed by atoms with van der Waals surface area (Å²) in [5, 5.41) is 6.02. The van der Waals surface area contributed by atoms with Crippen LogP contribution < -0.4 is 10.6 Å². The van der Waals surface area contributed by atoms with Crippen LogP contribution in [0.25, 0.3) is 0 Å². The Hall–Kier alpha value is -0.610. The Morgan fingerprint density at radius 1 is 1.29 bits per heavy atom. The van der Waals surface area contributed by atoms with Gasteiger partial charge in [-0.1, -0.05) is 20.8 Å². The minimum Gasteiger partial charge on any atom is -0.381 e. The van der Waals surface area contributed by atoms with Crippen molar-refractivity contribution in [1.82, 2.24) is 10.6 Å². The zero-order chi connectivity index (χ0) is 13.1. The van der Waals surface area contributed by atoms with Crippen molar-refractivity contribution < 1.29 is 9.53 Å². The van der Waals surface area contributed by atoms with Crippen LogP contribution in [-0.4, -0.2) is 38.3 Å². The van der Waals surface area contributed by atoms with E-state index in [1.165, 1.54) is 0 Å². The molecule has 0 fully saturated rings. The summed E-state index contributed by atoms with van der Waals surface area (Å²) in [4.78, 5) is 11.4. The first kappa shape index (κ1) is 16.4. The van der Waals surface area contributed by atoms with Gasteiger partial charge in [-0.15, -0.1) is 0 Å². The molecule has 2 N–H and O–H groups in total. The van der Waals surface area contributed by atoms with E-state index in [1.54, 1.807) is 0 Å². The minimum absolute atomic E-state index is 0.0717. The van der Waals surface area contributed by atoms with Crippen LogP contribution in [0.1, 0.15) is 40.5 Å². The summed E-state index contributed by atoms with van der Waals surface area (Å²) >= 11 is 0. The highest BCUT2D eigenvalue weighted by molar-refractivity contribution is 5.78. The molecule has 0 spiro atoms. The van der Waals surface area contributed by atoms with Crippen molar-refractivity contribution in [3.8, 4) is 0 Å². The van der Waals surface area contributed by atoms with Gasteiger partial charge in [-0.2, -0.15) is 0 Å². The van der Waals surface area contributed by atoms with E-state index in [0.717, 1.165) is 32.6 Å². The van der Waals surface area contributed by atoms with E-state index in [4.69, 9.17) is 4.74 Å². The van der Waals surface area contributed by atoms with Crippen LogP contribution in [0.15, 0.2) is 0 Å². The fraction of sp³-hybridized carbons (Fsp3) is 0.923. The van der Waals surface area contributed by atoms with Crippen LogP contribution in [0, 0.1) is 5.92 Å². The molecule has 1 atom stereocenters. The van der Waals surface area contributed by atoms with Gasteiger partial charge in [0.2, 0.25) is 5.91 Å². The highest BCUT2D eigenvalue weighted by atomic mass is 16.5. The van der Waals surface area contributed by atoms with Crippen molar-refractivity contribution in [2.75, 3.05) is 26.3 Å². The maximum atomic E-state index is 11.4. The van der Waals surface area contributed by atoms with Gasteiger partial charge in [0.15, 0.2) is 0 Å². The molecule has 0 aliphatic rings. The normalized spacial score (nSPS) is 12.8. The predicted molar refractivity (Wildman–Crippen MR) is 71.0 cm³/mol. The Balaban J connectivity index is 3.25. The molecule has 0 rings (SSSR count). The van der Waals surface area contributed by atoms with Crippen LogP contribution in [0.5, 0.6) is 0 Å². The second kappa shape index (κ2) is 10.5. The van der Waals surface area contributed by atoms with E-state index in [0.29, 0.717) is 12.5 Å². The van der Waals surface area contributed by atoms with Gasteiger partial charge in [-0.05, 0) is 32.2 Å². The average molecular weight is 244 g/mol. The number of nitrogens with one attached hydrogen (secondary N) is 2. The van der Waals surface area contributed by atoms with E-state index in [-0.39, 0.29) is 11.9 Å². The van der Waals surface area contributed by atoms with E-state index < -0.39 is 0 Å². The third-order valence-electron chi connectivity index (χ3n) is 2.40. The molecule has 0 saturated carbocycles. The molecule has 0 aliphatic heterocycles. The topological polar surface area (TPSA) is 50.4 Å². The molecule has 0 heterocycles. The van der Waals surface area contributed by atoms with Gasteiger partial charge >= 0.3 is 0 Å². The first-order valence-electron chi connectivity index (χ1n) is 6.64. The highest BCUT2D eigenvalue weighted by Gasteiger charge is 2.03. The quantitative estimate of drug-likeness (QED) is 0.573. The molecule has 0 bridgehead atoms. The first-order valence-corrected chi connectivity index (χ1v) is 6.64. The summed E-state index contributed by atoms with van der Waals surface area (Å²) in [5.41, 5.74) is 0. The number of amides is 1. The minimum atomic E-state index is 0.0717. The van der Waals surface area contributed by atoms with Gasteiger partial charge in [0.25, 0.3) is 0 Å². The fourth-order valence-corrected chi connectivity index (χ4v) is 1.25. The molecule has 0 aromatic carbocycles. The predicted octanol–water partition coefficient (Wildman–Crippen LogP) is 1.55. The molecule has 0 aromatic rings. The monoisotopic (exact) mass is 244 g/mol. The Kier molecular flexibility index (Phi) is 10.2. The van der Waals surface area contributed by atoms with Gasteiger partial charge in [0.05, 0.1) is 6.54 Å². The number of rotatable bonds is 10. The standard InChI is InChI=1S/C13H28N2O2/c1-5-12(4)15-13(16)9-14-7-6-8-17-10-11(2)3/h11-12,14H,5-10H2,1-4H3,(H,15,16). The van der Waals surface area contributed by atoms with Gasteiger partial charge in [-0.25, -0.2) is 0 Å². The molecule has 4 nitrogen and oxygen atoms in total. The number of carbonyl (C=O) groups is 1. The van der Waals surface area contributed by atoms with Crippen LogP contribution in [0.4, 0.5) is 0 Å². The number of ether oxygens (including phenoxy) is 1. The molecule has 102 valence electrons. The highest BCUT2D eigenvalue weighted by Crippen LogP contribution is 1.92. The Morgan fingerprint density at radius 3 is 2.59 bits per heavy atom. The second-order valence-electron chi connectivity index (χ2n) is 4.88. The molecule has 0 aliphatic carbocycles. The SMILES string of the molecule is CCC(C)NC(=O)CNCCCOCC(C)C. The van der Waals surface area contributed by atoms with Gasteiger partial charge in [0.1, 0.15) is 0 Å². The molecular weight excluding hydrogens is 216 g/mol. The summed E-state index contributed by atoms with van der Waals surface area (Å²) in [7, 11) is 0. The molecule has 1 amide bonds. The largest absolute Gasteiger partial charge is 0.381 e. The Bertz CT molecular complexity index is 196. The lowest BCUT2D eigenvalue weighted by atomic mass is 10.2. The van der Waals surface area contributed by atoms with Crippen molar-refractivity contribution in [1.29, 1.82) is 0 Å².